The van der Waals surface area contributed by atoms with Crippen molar-refractivity contribution in [1.82, 2.24) is 5.32 Å². The Hall–Kier alpha value is -2.63. The first kappa shape index (κ1) is 15.8. The lowest BCUT2D eigenvalue weighted by Gasteiger charge is -2.13. The third kappa shape index (κ3) is 3.94. The van der Waals surface area contributed by atoms with E-state index in [0.29, 0.717) is 11.1 Å². The summed E-state index contributed by atoms with van der Waals surface area (Å²) < 4.78 is 5.25. The number of furan rings is 1. The van der Waals surface area contributed by atoms with Gasteiger partial charge in [-0.2, -0.15) is 0 Å². The Morgan fingerprint density at radius 1 is 1.41 bits per heavy atom. The fourth-order valence-electron chi connectivity index (χ4n) is 2.19. The molecular formula is C16H18N2O4. The van der Waals surface area contributed by atoms with Crippen LogP contribution >= 0.6 is 0 Å². The van der Waals surface area contributed by atoms with Gasteiger partial charge in [0.1, 0.15) is 5.76 Å². The first-order valence-electron chi connectivity index (χ1n) is 7.05. The Kier molecular flexibility index (Phi) is 4.93. The average Bonchev–Trinajstić information content (AvgIpc) is 2.97. The molecule has 2 rings (SSSR count). The van der Waals surface area contributed by atoms with Crippen LogP contribution in [-0.2, 0) is 6.42 Å². The van der Waals surface area contributed by atoms with Crippen LogP contribution in [0.25, 0.3) is 0 Å². The number of hydrogen-bond donors (Lipinski definition) is 1. The van der Waals surface area contributed by atoms with Gasteiger partial charge in [-0.05, 0) is 44.5 Å². The van der Waals surface area contributed by atoms with Crippen molar-refractivity contribution in [3.63, 3.8) is 0 Å². The molecule has 116 valence electrons. The summed E-state index contributed by atoms with van der Waals surface area (Å²) >= 11 is 0. The molecule has 22 heavy (non-hydrogen) atoms. The Morgan fingerprint density at radius 2 is 2.18 bits per heavy atom. The third-order valence-corrected chi connectivity index (χ3v) is 3.44. The number of benzene rings is 1. The molecule has 1 atom stereocenters. The van der Waals surface area contributed by atoms with E-state index in [9.17, 15) is 14.9 Å². The number of hydrogen-bond acceptors (Lipinski definition) is 4. The van der Waals surface area contributed by atoms with E-state index in [0.717, 1.165) is 18.6 Å². The van der Waals surface area contributed by atoms with Crippen molar-refractivity contribution < 1.29 is 14.1 Å². The zero-order valence-electron chi connectivity index (χ0n) is 12.5. The first-order valence-corrected chi connectivity index (χ1v) is 7.05. The fourth-order valence-corrected chi connectivity index (χ4v) is 2.19. The molecule has 1 amide bonds. The minimum Gasteiger partial charge on any atom is -0.469 e. The van der Waals surface area contributed by atoms with Crippen LogP contribution in [0.1, 0.15) is 35.0 Å². The van der Waals surface area contributed by atoms with Gasteiger partial charge in [-0.1, -0.05) is 0 Å². The molecule has 1 N–H and O–H groups in total. The lowest BCUT2D eigenvalue weighted by atomic mass is 10.1. The van der Waals surface area contributed by atoms with E-state index in [4.69, 9.17) is 4.42 Å². The number of nitrogens with one attached hydrogen (secondary N) is 1. The highest BCUT2D eigenvalue weighted by Gasteiger charge is 2.15. The van der Waals surface area contributed by atoms with E-state index >= 15 is 0 Å². The van der Waals surface area contributed by atoms with Crippen LogP contribution in [0, 0.1) is 17.0 Å². The van der Waals surface area contributed by atoms with Crippen LogP contribution in [0.3, 0.4) is 0 Å². The van der Waals surface area contributed by atoms with Crippen LogP contribution in [0.15, 0.2) is 41.0 Å². The summed E-state index contributed by atoms with van der Waals surface area (Å²) in [5, 5.41) is 13.7. The van der Waals surface area contributed by atoms with Crippen LogP contribution in [0.5, 0.6) is 0 Å². The number of aryl methyl sites for hydroxylation is 2. The third-order valence-electron chi connectivity index (χ3n) is 3.44. The molecular weight excluding hydrogens is 284 g/mol. The summed E-state index contributed by atoms with van der Waals surface area (Å²) in [7, 11) is 0. The Bertz CT molecular complexity index is 665. The van der Waals surface area contributed by atoms with E-state index in [2.05, 4.69) is 5.32 Å². The van der Waals surface area contributed by atoms with Crippen LogP contribution in [0.4, 0.5) is 5.69 Å². The van der Waals surface area contributed by atoms with Crippen molar-refractivity contribution in [2.45, 2.75) is 32.7 Å². The molecule has 0 fully saturated rings. The topological polar surface area (TPSA) is 85.4 Å². The number of carbonyl (C=O) groups is 1. The highest BCUT2D eigenvalue weighted by Crippen LogP contribution is 2.18. The van der Waals surface area contributed by atoms with Gasteiger partial charge < -0.3 is 9.73 Å². The second kappa shape index (κ2) is 6.89. The molecule has 6 nitrogen and oxygen atoms in total. The minimum atomic E-state index is -0.455. The Balaban J connectivity index is 1.93. The van der Waals surface area contributed by atoms with Crippen LogP contribution in [0.2, 0.25) is 0 Å². The number of nitro benzene ring substituents is 1. The van der Waals surface area contributed by atoms with Crippen LogP contribution < -0.4 is 5.32 Å². The Morgan fingerprint density at radius 3 is 2.77 bits per heavy atom. The quantitative estimate of drug-likeness (QED) is 0.655. The molecule has 0 aliphatic carbocycles. The highest BCUT2D eigenvalue weighted by molar-refractivity contribution is 5.94. The van der Waals surface area contributed by atoms with Gasteiger partial charge in [0.05, 0.1) is 11.2 Å². The zero-order chi connectivity index (χ0) is 16.1. The van der Waals surface area contributed by atoms with E-state index in [1.165, 1.54) is 18.2 Å². The van der Waals surface area contributed by atoms with Crippen molar-refractivity contribution in [1.29, 1.82) is 0 Å². The molecule has 0 bridgehead atoms. The van der Waals surface area contributed by atoms with Gasteiger partial charge in [-0.3, -0.25) is 14.9 Å². The number of amides is 1. The average molecular weight is 302 g/mol. The van der Waals surface area contributed by atoms with Gasteiger partial charge in [-0.15, -0.1) is 0 Å². The standard InChI is InChI=1S/C16H18N2O4/c1-11-10-13(6-8-15(11)18(20)21)16(19)17-12(2)5-7-14-4-3-9-22-14/h3-4,6,8-10,12H,5,7H2,1-2H3,(H,17,19)/t12-/m1/s1. The van der Waals surface area contributed by atoms with E-state index in [1.54, 1.807) is 13.2 Å². The molecule has 0 unspecified atom stereocenters. The minimum absolute atomic E-state index is 0.0161. The van der Waals surface area contributed by atoms with E-state index in [-0.39, 0.29) is 17.6 Å². The predicted molar refractivity (Wildman–Crippen MR) is 81.8 cm³/mol. The molecule has 6 heteroatoms. The summed E-state index contributed by atoms with van der Waals surface area (Å²) in [6, 6.07) is 8.07. The van der Waals surface area contributed by atoms with Gasteiger partial charge in [0.25, 0.3) is 11.6 Å². The van der Waals surface area contributed by atoms with E-state index in [1.807, 2.05) is 19.1 Å². The largest absolute Gasteiger partial charge is 0.469 e. The molecule has 0 radical (unpaired) electrons. The number of nitrogens with zero attached hydrogens (tertiary/aromatic N) is 1. The zero-order valence-corrected chi connectivity index (χ0v) is 12.5. The molecule has 1 aromatic heterocycles. The van der Waals surface area contributed by atoms with Gasteiger partial charge >= 0.3 is 0 Å². The molecule has 1 heterocycles. The van der Waals surface area contributed by atoms with Gasteiger partial charge in [0.2, 0.25) is 0 Å². The molecule has 0 aliphatic heterocycles. The van der Waals surface area contributed by atoms with Crippen molar-refractivity contribution >= 4 is 11.6 Å². The molecule has 0 saturated heterocycles. The molecule has 0 saturated carbocycles. The van der Waals surface area contributed by atoms with Gasteiger partial charge in [-0.25, -0.2) is 0 Å². The second-order valence-electron chi connectivity index (χ2n) is 5.25. The second-order valence-corrected chi connectivity index (χ2v) is 5.25. The predicted octanol–water partition coefficient (Wildman–Crippen LogP) is 3.25. The molecule has 0 aliphatic rings. The normalized spacial score (nSPS) is 11.9. The summed E-state index contributed by atoms with van der Waals surface area (Å²) in [6.07, 6.45) is 3.12. The number of nitro groups is 1. The van der Waals surface area contributed by atoms with Gasteiger partial charge in [0, 0.05) is 29.7 Å². The molecule has 0 spiro atoms. The monoisotopic (exact) mass is 302 g/mol. The molecule has 2 aromatic rings. The lowest BCUT2D eigenvalue weighted by Crippen LogP contribution is -2.32. The summed E-state index contributed by atoms with van der Waals surface area (Å²) in [6.45, 7) is 3.54. The maximum absolute atomic E-state index is 12.1. The van der Waals surface area contributed by atoms with Crippen LogP contribution in [-0.4, -0.2) is 16.9 Å². The smallest absolute Gasteiger partial charge is 0.272 e. The summed E-state index contributed by atoms with van der Waals surface area (Å²) in [5.74, 6) is 0.650. The lowest BCUT2D eigenvalue weighted by molar-refractivity contribution is -0.385. The number of rotatable bonds is 6. The maximum Gasteiger partial charge on any atom is 0.272 e. The summed E-state index contributed by atoms with van der Waals surface area (Å²) in [4.78, 5) is 22.5. The SMILES string of the molecule is Cc1cc(C(=O)N[C@H](C)CCc2ccco2)ccc1[N+](=O)[O-]. The first-order chi connectivity index (χ1) is 10.5. The van der Waals surface area contributed by atoms with Crippen molar-refractivity contribution in [3.05, 3.63) is 63.6 Å². The fraction of sp³-hybridized carbons (Fsp3) is 0.312. The maximum atomic E-state index is 12.1. The molecule has 1 aromatic carbocycles. The summed E-state index contributed by atoms with van der Waals surface area (Å²) in [5.41, 5.74) is 0.913. The van der Waals surface area contributed by atoms with Crippen molar-refractivity contribution in [2.75, 3.05) is 0 Å². The van der Waals surface area contributed by atoms with E-state index < -0.39 is 4.92 Å². The number of carbonyl (C=O) groups excluding carboxylic acids is 1. The van der Waals surface area contributed by atoms with Crippen molar-refractivity contribution in [3.8, 4) is 0 Å². The Labute approximate surface area is 128 Å². The highest BCUT2D eigenvalue weighted by atomic mass is 16.6. The van der Waals surface area contributed by atoms with Crippen molar-refractivity contribution in [2.24, 2.45) is 0 Å². The van der Waals surface area contributed by atoms with Gasteiger partial charge in [0.15, 0.2) is 0 Å².